The first-order valence-corrected chi connectivity index (χ1v) is 5.27. The summed E-state index contributed by atoms with van der Waals surface area (Å²) in [6, 6.07) is 0.141. The zero-order valence-electron chi connectivity index (χ0n) is 9.47. The molecule has 0 saturated carbocycles. The van der Waals surface area contributed by atoms with Crippen LogP contribution in [-0.4, -0.2) is 18.8 Å². The summed E-state index contributed by atoms with van der Waals surface area (Å²) in [6.07, 6.45) is 3.05. The van der Waals surface area contributed by atoms with E-state index in [2.05, 4.69) is 24.2 Å². The van der Waals surface area contributed by atoms with Crippen molar-refractivity contribution in [3.05, 3.63) is 0 Å². The lowest BCUT2D eigenvalue weighted by molar-refractivity contribution is 0.0293. The summed E-state index contributed by atoms with van der Waals surface area (Å²) in [6.45, 7) is 6.71. The van der Waals surface area contributed by atoms with Gasteiger partial charge in [-0.05, 0) is 20.3 Å². The molecule has 2 unspecified atom stereocenters. The molecule has 3 N–H and O–H groups in total. The molecule has 0 fully saturated rings. The number of nitrogens with one attached hydrogen (secondary N) is 1. The fraction of sp³-hybridized carbons (Fsp3) is 0.818. The van der Waals surface area contributed by atoms with Crippen LogP contribution in [0.5, 0.6) is 0 Å². The Balaban J connectivity index is 4.14. The van der Waals surface area contributed by atoms with Crippen LogP contribution in [0.25, 0.3) is 0 Å². The highest BCUT2D eigenvalue weighted by atomic mass is 16.5. The quantitative estimate of drug-likeness (QED) is 0.370. The summed E-state index contributed by atoms with van der Waals surface area (Å²) in [5, 5.41) is 0. The molecule has 14 heavy (non-hydrogen) atoms. The van der Waals surface area contributed by atoms with Gasteiger partial charge in [0.25, 0.3) is 0 Å². The van der Waals surface area contributed by atoms with Gasteiger partial charge in [0.05, 0.1) is 12.1 Å². The van der Waals surface area contributed by atoms with Crippen LogP contribution in [0, 0.1) is 11.8 Å². The molecule has 0 radical (unpaired) electrons. The Labute approximate surface area is 87.4 Å². The van der Waals surface area contributed by atoms with E-state index < -0.39 is 0 Å². The maximum atomic E-state index is 5.62. The third-order valence-electron chi connectivity index (χ3n) is 2.12. The average molecular weight is 198 g/mol. The van der Waals surface area contributed by atoms with Gasteiger partial charge < -0.3 is 4.74 Å². The number of hydrogen-bond acceptors (Lipinski definition) is 3. The molecular weight excluding hydrogens is 176 g/mol. The van der Waals surface area contributed by atoms with Gasteiger partial charge in [-0.2, -0.15) is 0 Å². The fourth-order valence-electron chi connectivity index (χ4n) is 1.41. The summed E-state index contributed by atoms with van der Waals surface area (Å²) in [5.41, 5.74) is 2.78. The van der Waals surface area contributed by atoms with Crippen LogP contribution in [0.1, 0.15) is 40.0 Å². The molecule has 0 spiro atoms. The minimum Gasteiger partial charge on any atom is -0.377 e. The first kappa shape index (κ1) is 13.4. The van der Waals surface area contributed by atoms with Crippen LogP contribution < -0.4 is 11.3 Å². The molecule has 0 aliphatic rings. The Morgan fingerprint density at radius 2 is 2.14 bits per heavy atom. The predicted molar refractivity (Wildman–Crippen MR) is 59.5 cm³/mol. The van der Waals surface area contributed by atoms with Gasteiger partial charge in [0, 0.05) is 13.0 Å². The average Bonchev–Trinajstić information content (AvgIpc) is 2.19. The van der Waals surface area contributed by atoms with Crippen LogP contribution >= 0.6 is 0 Å². The molecule has 0 rings (SSSR count). The molecule has 0 aliphatic heterocycles. The molecule has 0 heterocycles. The van der Waals surface area contributed by atoms with Gasteiger partial charge in [-0.3, -0.25) is 11.3 Å². The van der Waals surface area contributed by atoms with Crippen LogP contribution in [0.3, 0.4) is 0 Å². The number of ether oxygens (including phenoxy) is 1. The molecule has 0 bridgehead atoms. The standard InChI is InChI=1S/C11H22N2O/c1-4-7-9-10(13-12)11(8-5-2)14-6-3/h10-11,13H,5-6,8-9,12H2,1-3H3. The summed E-state index contributed by atoms with van der Waals surface area (Å²) in [4.78, 5) is 0. The minimum atomic E-state index is 0.141. The molecule has 0 aromatic rings. The highest BCUT2D eigenvalue weighted by Gasteiger charge is 2.18. The van der Waals surface area contributed by atoms with E-state index in [9.17, 15) is 0 Å². The second-order valence-electron chi connectivity index (χ2n) is 3.19. The Morgan fingerprint density at radius 3 is 2.57 bits per heavy atom. The molecule has 3 nitrogen and oxygen atoms in total. The molecule has 0 aromatic carbocycles. The molecule has 0 amide bonds. The molecular formula is C11H22N2O. The molecule has 0 aliphatic carbocycles. The Kier molecular flexibility index (Phi) is 8.65. The monoisotopic (exact) mass is 198 g/mol. The van der Waals surface area contributed by atoms with Gasteiger partial charge >= 0.3 is 0 Å². The highest BCUT2D eigenvalue weighted by molar-refractivity contribution is 4.99. The normalized spacial score (nSPS) is 14.3. The Bertz CT molecular complexity index is 177. The summed E-state index contributed by atoms with van der Waals surface area (Å²) < 4.78 is 5.62. The van der Waals surface area contributed by atoms with Gasteiger partial charge in [0.2, 0.25) is 0 Å². The van der Waals surface area contributed by atoms with Crippen LogP contribution in [0.2, 0.25) is 0 Å². The van der Waals surface area contributed by atoms with Gasteiger partial charge in [-0.15, -0.1) is 11.8 Å². The lowest BCUT2D eigenvalue weighted by Crippen LogP contribution is -2.45. The maximum Gasteiger partial charge on any atom is 0.0750 e. The molecule has 82 valence electrons. The zero-order valence-corrected chi connectivity index (χ0v) is 9.47. The van der Waals surface area contributed by atoms with Crippen LogP contribution in [-0.2, 0) is 4.74 Å². The van der Waals surface area contributed by atoms with E-state index in [0.29, 0.717) is 0 Å². The van der Waals surface area contributed by atoms with Crippen molar-refractivity contribution in [2.75, 3.05) is 6.61 Å². The lowest BCUT2D eigenvalue weighted by atomic mass is 10.0. The molecule has 0 aromatic heterocycles. The fourth-order valence-corrected chi connectivity index (χ4v) is 1.41. The number of hydrazine groups is 1. The van der Waals surface area contributed by atoms with Crippen molar-refractivity contribution >= 4 is 0 Å². The van der Waals surface area contributed by atoms with Crippen molar-refractivity contribution in [2.45, 2.75) is 52.2 Å². The Hall–Kier alpha value is -0.560. The van der Waals surface area contributed by atoms with Crippen molar-refractivity contribution in [1.29, 1.82) is 0 Å². The van der Waals surface area contributed by atoms with Crippen molar-refractivity contribution in [2.24, 2.45) is 5.84 Å². The van der Waals surface area contributed by atoms with Gasteiger partial charge in [-0.1, -0.05) is 13.3 Å². The van der Waals surface area contributed by atoms with E-state index in [1.165, 1.54) is 0 Å². The Morgan fingerprint density at radius 1 is 1.43 bits per heavy atom. The minimum absolute atomic E-state index is 0.141. The van der Waals surface area contributed by atoms with E-state index in [-0.39, 0.29) is 12.1 Å². The SMILES string of the molecule is CC#CCC(NN)C(CCC)OCC. The van der Waals surface area contributed by atoms with E-state index in [1.807, 2.05) is 13.8 Å². The van der Waals surface area contributed by atoms with E-state index in [4.69, 9.17) is 10.6 Å². The maximum absolute atomic E-state index is 5.62. The zero-order chi connectivity index (χ0) is 10.8. The third-order valence-corrected chi connectivity index (χ3v) is 2.12. The van der Waals surface area contributed by atoms with Crippen LogP contribution in [0.15, 0.2) is 0 Å². The van der Waals surface area contributed by atoms with Crippen molar-refractivity contribution in [3.8, 4) is 11.8 Å². The molecule has 3 heteroatoms. The lowest BCUT2D eigenvalue weighted by Gasteiger charge is -2.24. The number of rotatable bonds is 7. The first-order chi connectivity index (χ1) is 6.79. The smallest absolute Gasteiger partial charge is 0.0750 e. The summed E-state index contributed by atoms with van der Waals surface area (Å²) in [5.74, 6) is 11.4. The highest BCUT2D eigenvalue weighted by Crippen LogP contribution is 2.09. The van der Waals surface area contributed by atoms with Crippen molar-refractivity contribution in [1.82, 2.24) is 5.43 Å². The summed E-state index contributed by atoms with van der Waals surface area (Å²) in [7, 11) is 0. The number of nitrogens with two attached hydrogens (primary N) is 1. The first-order valence-electron chi connectivity index (χ1n) is 5.27. The second kappa shape index (κ2) is 9.01. The van der Waals surface area contributed by atoms with E-state index >= 15 is 0 Å². The molecule has 2 atom stereocenters. The molecule has 0 saturated heterocycles. The van der Waals surface area contributed by atoms with E-state index in [0.717, 1.165) is 25.9 Å². The second-order valence-corrected chi connectivity index (χ2v) is 3.19. The topological polar surface area (TPSA) is 47.3 Å². The predicted octanol–water partition coefficient (Wildman–Crippen LogP) is 1.44. The van der Waals surface area contributed by atoms with Crippen molar-refractivity contribution < 1.29 is 4.74 Å². The van der Waals surface area contributed by atoms with Crippen molar-refractivity contribution in [3.63, 3.8) is 0 Å². The van der Waals surface area contributed by atoms with Gasteiger partial charge in [0.1, 0.15) is 0 Å². The summed E-state index contributed by atoms with van der Waals surface area (Å²) >= 11 is 0. The van der Waals surface area contributed by atoms with Gasteiger partial charge in [0.15, 0.2) is 0 Å². The van der Waals surface area contributed by atoms with E-state index in [1.54, 1.807) is 0 Å². The third kappa shape index (κ3) is 5.23. The van der Waals surface area contributed by atoms with Crippen LogP contribution in [0.4, 0.5) is 0 Å². The van der Waals surface area contributed by atoms with Gasteiger partial charge in [-0.25, -0.2) is 0 Å². The largest absolute Gasteiger partial charge is 0.377 e. The number of hydrogen-bond donors (Lipinski definition) is 2.